The number of rotatable bonds is 1. The highest BCUT2D eigenvalue weighted by Gasteiger charge is 2.36. The fourth-order valence-corrected chi connectivity index (χ4v) is 3.00. The van der Waals surface area contributed by atoms with Gasteiger partial charge in [-0.15, -0.1) is 0 Å². The van der Waals surface area contributed by atoms with Crippen molar-refractivity contribution in [3.63, 3.8) is 0 Å². The first-order valence-electron chi connectivity index (χ1n) is 6.56. The summed E-state index contributed by atoms with van der Waals surface area (Å²) < 4.78 is 0. The second-order valence-electron chi connectivity index (χ2n) is 5.22. The minimum Gasteiger partial charge on any atom is -0.508 e. The third-order valence-electron chi connectivity index (χ3n) is 4.00. The number of phenolic OH excluding ortho intramolecular Hbond substituents is 1. The molecular formula is C14H18N2O2. The fraction of sp³-hybridized carbons (Fsp3) is 0.500. The first-order valence-corrected chi connectivity index (χ1v) is 6.56. The normalized spacial score (nSPS) is 27.0. The molecule has 1 aromatic carbocycles. The highest BCUT2D eigenvalue weighted by molar-refractivity contribution is 5.94. The van der Waals surface area contributed by atoms with Crippen LogP contribution in [0.5, 0.6) is 5.75 Å². The quantitative estimate of drug-likeness (QED) is 0.783. The Labute approximate surface area is 107 Å². The van der Waals surface area contributed by atoms with Gasteiger partial charge in [-0.2, -0.15) is 0 Å². The minimum atomic E-state index is 0.0752. The van der Waals surface area contributed by atoms with E-state index in [1.807, 2.05) is 4.90 Å². The third kappa shape index (κ3) is 2.08. The largest absolute Gasteiger partial charge is 0.508 e. The second-order valence-corrected chi connectivity index (χ2v) is 5.22. The highest BCUT2D eigenvalue weighted by Crippen LogP contribution is 2.26. The van der Waals surface area contributed by atoms with Crippen LogP contribution in [0.25, 0.3) is 0 Å². The summed E-state index contributed by atoms with van der Waals surface area (Å²) in [5.74, 6) is 0.884. The maximum absolute atomic E-state index is 12.3. The second kappa shape index (κ2) is 4.61. The average Bonchev–Trinajstić information content (AvgIpc) is 2.82. The molecule has 2 atom stereocenters. The van der Waals surface area contributed by atoms with E-state index in [1.54, 1.807) is 24.3 Å². The van der Waals surface area contributed by atoms with Crippen molar-refractivity contribution in [2.24, 2.45) is 5.92 Å². The maximum atomic E-state index is 12.3. The average molecular weight is 246 g/mol. The molecule has 4 nitrogen and oxygen atoms in total. The smallest absolute Gasteiger partial charge is 0.253 e. The van der Waals surface area contributed by atoms with Crippen LogP contribution in [0.2, 0.25) is 0 Å². The van der Waals surface area contributed by atoms with Gasteiger partial charge in [0.1, 0.15) is 5.75 Å². The maximum Gasteiger partial charge on any atom is 0.253 e. The molecule has 2 saturated heterocycles. The van der Waals surface area contributed by atoms with E-state index < -0.39 is 0 Å². The molecule has 96 valence electrons. The number of fused-ring (bicyclic) bond motifs is 1. The molecule has 0 aromatic heterocycles. The number of phenols is 1. The molecule has 0 aliphatic carbocycles. The van der Waals surface area contributed by atoms with Crippen LogP contribution in [-0.2, 0) is 0 Å². The molecule has 2 aliphatic rings. The van der Waals surface area contributed by atoms with Crippen molar-refractivity contribution < 1.29 is 9.90 Å². The Hall–Kier alpha value is -1.55. The number of nitrogens with one attached hydrogen (secondary N) is 1. The standard InChI is InChI=1S/C14H18N2O2/c17-12-5-3-10(4-6-12)14(18)16-8-11-2-1-7-15-13(11)9-16/h3-6,11,13,15,17H,1-2,7-9H2. The van der Waals surface area contributed by atoms with E-state index in [4.69, 9.17) is 0 Å². The van der Waals surface area contributed by atoms with Gasteiger partial charge in [0.05, 0.1) is 0 Å². The van der Waals surface area contributed by atoms with Gasteiger partial charge < -0.3 is 15.3 Å². The number of aromatic hydroxyl groups is 1. The number of carbonyl (C=O) groups excluding carboxylic acids is 1. The topological polar surface area (TPSA) is 52.6 Å². The molecule has 2 N–H and O–H groups in total. The summed E-state index contributed by atoms with van der Waals surface area (Å²) in [6.45, 7) is 2.74. The number of benzene rings is 1. The number of likely N-dealkylation sites (tertiary alicyclic amines) is 1. The third-order valence-corrected chi connectivity index (χ3v) is 4.00. The van der Waals surface area contributed by atoms with E-state index >= 15 is 0 Å². The van der Waals surface area contributed by atoms with Gasteiger partial charge >= 0.3 is 0 Å². The van der Waals surface area contributed by atoms with Crippen LogP contribution < -0.4 is 5.32 Å². The Morgan fingerprint density at radius 1 is 1.28 bits per heavy atom. The van der Waals surface area contributed by atoms with Gasteiger partial charge in [-0.3, -0.25) is 4.79 Å². The Morgan fingerprint density at radius 2 is 2.06 bits per heavy atom. The van der Waals surface area contributed by atoms with Crippen molar-refractivity contribution in [1.29, 1.82) is 0 Å². The zero-order valence-electron chi connectivity index (χ0n) is 10.3. The summed E-state index contributed by atoms with van der Waals surface area (Å²) in [5.41, 5.74) is 0.659. The molecule has 0 bridgehead atoms. The molecule has 2 fully saturated rings. The SMILES string of the molecule is O=C(c1ccc(O)cc1)N1CC2CCCNC2C1. The predicted molar refractivity (Wildman–Crippen MR) is 68.5 cm³/mol. The minimum absolute atomic E-state index is 0.0752. The zero-order valence-corrected chi connectivity index (χ0v) is 10.3. The Kier molecular flexibility index (Phi) is 2.96. The lowest BCUT2D eigenvalue weighted by Crippen LogP contribution is -2.41. The molecule has 2 heterocycles. The highest BCUT2D eigenvalue weighted by atomic mass is 16.3. The molecule has 4 heteroatoms. The van der Waals surface area contributed by atoms with Crippen LogP contribution in [0.15, 0.2) is 24.3 Å². The molecule has 1 aromatic rings. The van der Waals surface area contributed by atoms with Crippen molar-refractivity contribution >= 4 is 5.91 Å². The lowest BCUT2D eigenvalue weighted by atomic mass is 9.94. The summed E-state index contributed by atoms with van der Waals surface area (Å²) in [5, 5.41) is 12.7. The van der Waals surface area contributed by atoms with E-state index in [9.17, 15) is 9.90 Å². The molecule has 0 saturated carbocycles. The van der Waals surface area contributed by atoms with Gasteiger partial charge in [0, 0.05) is 24.7 Å². The first kappa shape index (κ1) is 11.5. The van der Waals surface area contributed by atoms with Gasteiger partial charge in [0.25, 0.3) is 5.91 Å². The van der Waals surface area contributed by atoms with E-state index in [2.05, 4.69) is 5.32 Å². The monoisotopic (exact) mass is 246 g/mol. The Balaban J connectivity index is 1.72. The fourth-order valence-electron chi connectivity index (χ4n) is 3.00. The summed E-state index contributed by atoms with van der Waals surface area (Å²) in [6.07, 6.45) is 2.43. The number of carbonyl (C=O) groups is 1. The van der Waals surface area contributed by atoms with Gasteiger partial charge in [-0.1, -0.05) is 0 Å². The number of nitrogens with zero attached hydrogens (tertiary/aromatic N) is 1. The van der Waals surface area contributed by atoms with Gasteiger partial charge in [0.15, 0.2) is 0 Å². The molecule has 2 unspecified atom stereocenters. The van der Waals surface area contributed by atoms with Crippen LogP contribution in [-0.4, -0.2) is 41.6 Å². The van der Waals surface area contributed by atoms with Gasteiger partial charge in [-0.05, 0) is 49.6 Å². The van der Waals surface area contributed by atoms with Crippen molar-refractivity contribution in [1.82, 2.24) is 10.2 Å². The number of amides is 1. The Bertz CT molecular complexity index is 430. The summed E-state index contributed by atoms with van der Waals surface area (Å²) in [4.78, 5) is 14.2. The zero-order chi connectivity index (χ0) is 12.5. The lowest BCUT2D eigenvalue weighted by molar-refractivity contribution is 0.0785. The molecule has 1 amide bonds. The predicted octanol–water partition coefficient (Wildman–Crippen LogP) is 1.22. The van der Waals surface area contributed by atoms with E-state index in [0.717, 1.165) is 19.6 Å². The van der Waals surface area contributed by atoms with E-state index in [1.165, 1.54) is 12.8 Å². The Morgan fingerprint density at radius 3 is 2.78 bits per heavy atom. The summed E-state index contributed by atoms with van der Waals surface area (Å²) in [6, 6.07) is 6.98. The van der Waals surface area contributed by atoms with E-state index in [-0.39, 0.29) is 11.7 Å². The van der Waals surface area contributed by atoms with E-state index in [0.29, 0.717) is 17.5 Å². The molecule has 0 radical (unpaired) electrons. The van der Waals surface area contributed by atoms with Crippen LogP contribution in [0.1, 0.15) is 23.2 Å². The molecule has 2 aliphatic heterocycles. The summed E-state index contributed by atoms with van der Waals surface area (Å²) in [7, 11) is 0. The van der Waals surface area contributed by atoms with Crippen molar-refractivity contribution in [2.45, 2.75) is 18.9 Å². The van der Waals surface area contributed by atoms with Crippen molar-refractivity contribution in [3.05, 3.63) is 29.8 Å². The van der Waals surface area contributed by atoms with Crippen molar-refractivity contribution in [3.8, 4) is 5.75 Å². The molecule has 3 rings (SSSR count). The summed E-state index contributed by atoms with van der Waals surface area (Å²) >= 11 is 0. The number of hydrogen-bond donors (Lipinski definition) is 2. The molecular weight excluding hydrogens is 228 g/mol. The van der Waals surface area contributed by atoms with Crippen LogP contribution >= 0.6 is 0 Å². The first-order chi connectivity index (χ1) is 8.74. The molecule has 0 spiro atoms. The van der Waals surface area contributed by atoms with Crippen LogP contribution in [0, 0.1) is 5.92 Å². The number of piperidine rings is 1. The van der Waals surface area contributed by atoms with Crippen LogP contribution in [0.4, 0.5) is 0 Å². The van der Waals surface area contributed by atoms with Crippen molar-refractivity contribution in [2.75, 3.05) is 19.6 Å². The lowest BCUT2D eigenvalue weighted by Gasteiger charge is -2.24. The van der Waals surface area contributed by atoms with Gasteiger partial charge in [0.2, 0.25) is 0 Å². The van der Waals surface area contributed by atoms with Crippen LogP contribution in [0.3, 0.4) is 0 Å². The number of hydrogen-bond acceptors (Lipinski definition) is 3. The van der Waals surface area contributed by atoms with Gasteiger partial charge in [-0.25, -0.2) is 0 Å². The molecule has 18 heavy (non-hydrogen) atoms.